The monoisotopic (exact) mass is 593 g/mol. The Kier molecular flexibility index (Phi) is 8.32. The molecule has 0 radical (unpaired) electrons. The Labute approximate surface area is 253 Å². The van der Waals surface area contributed by atoms with Crippen molar-refractivity contribution in [2.45, 2.75) is 13.3 Å². The largest absolute Gasteiger partial charge is 0.497 e. The van der Waals surface area contributed by atoms with Crippen LogP contribution in [0.5, 0.6) is 5.75 Å². The average Bonchev–Trinajstić information content (AvgIpc) is 3.15. The minimum atomic E-state index is -0.955. The van der Waals surface area contributed by atoms with Gasteiger partial charge in [-0.3, -0.25) is 19.1 Å². The van der Waals surface area contributed by atoms with Crippen LogP contribution in [-0.4, -0.2) is 34.7 Å². The summed E-state index contributed by atoms with van der Waals surface area (Å²) in [7, 11) is 1.54. The Bertz CT molecular complexity index is 1840. The Balaban J connectivity index is 0.000000180. The second kappa shape index (κ2) is 12.3. The van der Waals surface area contributed by atoms with Gasteiger partial charge in [-0.15, -0.1) is 0 Å². The summed E-state index contributed by atoms with van der Waals surface area (Å²) >= 11 is 5.89. The van der Waals surface area contributed by atoms with Gasteiger partial charge < -0.3 is 15.6 Å². The molecule has 43 heavy (non-hydrogen) atoms. The number of carbonyl (C=O) groups is 3. The number of hydrogen-bond acceptors (Lipinski definition) is 4. The third-order valence-electron chi connectivity index (χ3n) is 7.18. The van der Waals surface area contributed by atoms with Gasteiger partial charge in [-0.25, -0.2) is 4.79 Å². The fourth-order valence-corrected chi connectivity index (χ4v) is 5.28. The van der Waals surface area contributed by atoms with Crippen molar-refractivity contribution in [2.24, 2.45) is 5.73 Å². The molecule has 8 nitrogen and oxygen atoms in total. The normalized spacial score (nSPS) is 11.6. The highest BCUT2D eigenvalue weighted by atomic mass is 35.5. The summed E-state index contributed by atoms with van der Waals surface area (Å²) in [4.78, 5) is 37.6. The van der Waals surface area contributed by atoms with Crippen LogP contribution in [0.15, 0.2) is 91.0 Å². The highest BCUT2D eigenvalue weighted by molar-refractivity contribution is 6.30. The third-order valence-corrected chi connectivity index (χ3v) is 7.43. The lowest BCUT2D eigenvalue weighted by atomic mass is 10.1. The Morgan fingerprint density at radius 3 is 1.98 bits per heavy atom. The molecule has 0 aliphatic carbocycles. The van der Waals surface area contributed by atoms with Crippen LogP contribution in [-0.2, 0) is 11.2 Å². The highest BCUT2D eigenvalue weighted by Crippen LogP contribution is 2.36. The van der Waals surface area contributed by atoms with E-state index in [0.29, 0.717) is 38.5 Å². The second-order valence-corrected chi connectivity index (χ2v) is 10.2. The Morgan fingerprint density at radius 1 is 0.860 bits per heavy atom. The van der Waals surface area contributed by atoms with Crippen LogP contribution >= 0.6 is 11.6 Å². The van der Waals surface area contributed by atoms with Crippen molar-refractivity contribution in [1.82, 2.24) is 4.57 Å². The number of halogens is 1. The molecular weight excluding hydrogens is 566 g/mol. The fourth-order valence-electron chi connectivity index (χ4n) is 5.16. The number of ether oxygens (including phenoxy) is 1. The van der Waals surface area contributed by atoms with Crippen molar-refractivity contribution in [3.05, 3.63) is 124 Å². The molecule has 0 atom stereocenters. The molecule has 2 amide bonds. The van der Waals surface area contributed by atoms with Gasteiger partial charge in [0.25, 0.3) is 5.91 Å². The minimum absolute atomic E-state index is 0.170. The molecule has 2 heterocycles. The number of carboxylic acids is 1. The van der Waals surface area contributed by atoms with Crippen molar-refractivity contribution < 1.29 is 24.2 Å². The molecule has 4 aromatic carbocycles. The first kappa shape index (κ1) is 29.2. The van der Waals surface area contributed by atoms with E-state index in [-0.39, 0.29) is 12.3 Å². The summed E-state index contributed by atoms with van der Waals surface area (Å²) in [6, 6.07) is 26.8. The zero-order chi connectivity index (χ0) is 30.7. The van der Waals surface area contributed by atoms with Crippen LogP contribution in [0.1, 0.15) is 32.7 Å². The predicted molar refractivity (Wildman–Crippen MR) is 169 cm³/mol. The average molecular weight is 594 g/mol. The molecule has 1 aliphatic heterocycles. The lowest BCUT2D eigenvalue weighted by Gasteiger charge is -2.22. The summed E-state index contributed by atoms with van der Waals surface area (Å²) in [6.45, 7) is 1.75. The number of fused-ring (bicyclic) bond motifs is 3. The van der Waals surface area contributed by atoms with Crippen LogP contribution < -0.4 is 15.4 Å². The summed E-state index contributed by atoms with van der Waals surface area (Å²) < 4.78 is 6.77. The van der Waals surface area contributed by atoms with E-state index in [9.17, 15) is 19.5 Å². The van der Waals surface area contributed by atoms with Gasteiger partial charge in [-0.1, -0.05) is 60.2 Å². The number of anilines is 2. The van der Waals surface area contributed by atoms with Crippen LogP contribution in [0.4, 0.5) is 16.2 Å². The molecule has 0 saturated heterocycles. The molecule has 0 spiro atoms. The van der Waals surface area contributed by atoms with Crippen LogP contribution in [0, 0.1) is 6.92 Å². The SMILES string of the molecule is COc1ccc2c(c1)c(CC(=O)O)c(C)n2C(=O)c1ccc(Cl)cc1.NC(=O)N1c2ccccc2C=Cc2ccccc21. The van der Waals surface area contributed by atoms with E-state index < -0.39 is 12.0 Å². The molecule has 3 N–H and O–H groups in total. The molecule has 0 bridgehead atoms. The number of benzene rings is 4. The van der Waals surface area contributed by atoms with E-state index in [2.05, 4.69) is 0 Å². The molecule has 9 heteroatoms. The molecule has 0 unspecified atom stereocenters. The number of nitrogens with two attached hydrogens (primary N) is 1. The first-order chi connectivity index (χ1) is 20.7. The quantitative estimate of drug-likeness (QED) is 0.227. The number of rotatable bonds is 4. The number of methoxy groups -OCH3 is 1. The Hall–Kier alpha value is -5.34. The maximum absolute atomic E-state index is 13.0. The fraction of sp³-hybridized carbons (Fsp3) is 0.0882. The van der Waals surface area contributed by atoms with E-state index >= 15 is 0 Å². The van der Waals surface area contributed by atoms with E-state index in [4.69, 9.17) is 22.1 Å². The topological polar surface area (TPSA) is 115 Å². The standard InChI is InChI=1S/C19H16ClNO4.C15H12N2O/c1-11-15(10-18(22)23)16-9-14(25-2)7-8-17(16)21(11)19(24)12-3-5-13(20)6-4-12;16-15(18)17-13-7-3-1-5-11(13)9-10-12-6-2-4-8-14(12)17/h3-9H,10H2,1-2H3,(H,22,23);1-10H,(H2,16,18). The van der Waals surface area contributed by atoms with Crippen molar-refractivity contribution in [1.29, 1.82) is 0 Å². The van der Waals surface area contributed by atoms with Gasteiger partial charge in [0.05, 0.1) is 30.4 Å². The molecule has 216 valence electrons. The van der Waals surface area contributed by atoms with Gasteiger partial charge in [-0.05, 0) is 78.2 Å². The molecule has 6 rings (SSSR count). The number of para-hydroxylation sites is 2. The Morgan fingerprint density at radius 2 is 1.44 bits per heavy atom. The zero-order valence-corrected chi connectivity index (χ0v) is 24.2. The molecular formula is C34H28ClN3O5. The van der Waals surface area contributed by atoms with Crippen LogP contribution in [0.2, 0.25) is 5.02 Å². The maximum Gasteiger partial charge on any atom is 0.323 e. The highest BCUT2D eigenvalue weighted by Gasteiger charge is 2.23. The smallest absolute Gasteiger partial charge is 0.323 e. The van der Waals surface area contributed by atoms with Gasteiger partial charge in [0.2, 0.25) is 0 Å². The van der Waals surface area contributed by atoms with Crippen molar-refractivity contribution >= 4 is 63.9 Å². The van der Waals surface area contributed by atoms with Gasteiger partial charge in [0, 0.05) is 21.7 Å². The maximum atomic E-state index is 13.0. The number of nitrogens with zero attached hydrogens (tertiary/aromatic N) is 2. The van der Waals surface area contributed by atoms with Gasteiger partial charge in [0.1, 0.15) is 5.75 Å². The number of hydrogen-bond donors (Lipinski definition) is 2. The lowest BCUT2D eigenvalue weighted by Crippen LogP contribution is -2.32. The summed E-state index contributed by atoms with van der Waals surface area (Å²) in [6.07, 6.45) is 3.82. The number of aromatic nitrogens is 1. The third kappa shape index (κ3) is 5.86. The van der Waals surface area contributed by atoms with E-state index in [1.54, 1.807) is 61.4 Å². The van der Waals surface area contributed by atoms with Gasteiger partial charge >= 0.3 is 12.0 Å². The first-order valence-corrected chi connectivity index (χ1v) is 13.7. The molecule has 1 aromatic heterocycles. The zero-order valence-electron chi connectivity index (χ0n) is 23.5. The number of carbonyl (C=O) groups excluding carboxylic acids is 2. The molecule has 1 aliphatic rings. The van der Waals surface area contributed by atoms with Crippen molar-refractivity contribution in [3.8, 4) is 5.75 Å². The number of amides is 2. The summed E-state index contributed by atoms with van der Waals surface area (Å²) in [5.41, 5.74) is 11.4. The summed E-state index contributed by atoms with van der Waals surface area (Å²) in [5.74, 6) is -0.583. The number of urea groups is 1. The second-order valence-electron chi connectivity index (χ2n) is 9.79. The molecule has 5 aromatic rings. The summed E-state index contributed by atoms with van der Waals surface area (Å²) in [5, 5.41) is 10.5. The van der Waals surface area contributed by atoms with Crippen LogP contribution in [0.3, 0.4) is 0 Å². The predicted octanol–water partition coefficient (Wildman–Crippen LogP) is 7.31. The van der Waals surface area contributed by atoms with Gasteiger partial charge in [-0.2, -0.15) is 0 Å². The van der Waals surface area contributed by atoms with Crippen LogP contribution in [0.25, 0.3) is 23.1 Å². The van der Waals surface area contributed by atoms with Crippen molar-refractivity contribution in [3.63, 3.8) is 0 Å². The van der Waals surface area contributed by atoms with E-state index in [1.165, 1.54) is 4.57 Å². The van der Waals surface area contributed by atoms with E-state index in [0.717, 1.165) is 22.5 Å². The number of primary amides is 1. The van der Waals surface area contributed by atoms with E-state index in [1.807, 2.05) is 60.7 Å². The number of carboxylic acid groups (broad SMARTS) is 1. The van der Waals surface area contributed by atoms with Crippen molar-refractivity contribution in [2.75, 3.05) is 12.0 Å². The number of aliphatic carboxylic acids is 1. The molecule has 0 saturated carbocycles. The lowest BCUT2D eigenvalue weighted by molar-refractivity contribution is -0.136. The first-order valence-electron chi connectivity index (χ1n) is 13.3. The molecule has 0 fully saturated rings. The van der Waals surface area contributed by atoms with Gasteiger partial charge in [0.15, 0.2) is 0 Å². The minimum Gasteiger partial charge on any atom is -0.497 e.